The van der Waals surface area contributed by atoms with Crippen LogP contribution in [0.15, 0.2) is 0 Å². The van der Waals surface area contributed by atoms with Crippen LogP contribution in [0.2, 0.25) is 6.32 Å². The molecule has 0 aromatic rings. The molecule has 0 bridgehead atoms. The Balaban J connectivity index is 0. The Hall–Kier alpha value is 0.0249. The summed E-state index contributed by atoms with van der Waals surface area (Å²) in [5.74, 6) is 0. The van der Waals surface area contributed by atoms with E-state index in [0.717, 1.165) is 12.8 Å². The summed E-state index contributed by atoms with van der Waals surface area (Å²) in [6.45, 7) is 4.52. The first kappa shape index (κ1) is 10.9. The lowest BCUT2D eigenvalue weighted by Gasteiger charge is -1.79. The van der Waals surface area contributed by atoms with Crippen LogP contribution in [0.25, 0.3) is 0 Å². The van der Waals surface area contributed by atoms with E-state index in [0.29, 0.717) is 6.61 Å². The lowest BCUT2D eigenvalue weighted by molar-refractivity contribution is 0.287. The van der Waals surface area contributed by atoms with Crippen molar-refractivity contribution in [3.05, 3.63) is 0 Å². The molecular weight excluding hydrogens is 98.9 g/mol. The van der Waals surface area contributed by atoms with Crippen LogP contribution in [-0.4, -0.2) is 19.6 Å². The summed E-state index contributed by atoms with van der Waals surface area (Å²) in [4.78, 5) is 0. The number of aliphatic hydroxyl groups excluding tert-OH is 1. The maximum atomic E-state index is 8.07. The molecule has 0 saturated carbocycles. The van der Waals surface area contributed by atoms with Crippen molar-refractivity contribution >= 4 is 7.85 Å². The van der Waals surface area contributed by atoms with Crippen LogP contribution in [0.5, 0.6) is 0 Å². The van der Waals surface area contributed by atoms with Gasteiger partial charge in [0.1, 0.15) is 7.85 Å². The zero-order chi connectivity index (χ0) is 6.83. The molecule has 0 aliphatic carbocycles. The molecule has 1 N–H and O–H groups in total. The first-order chi connectivity index (χ1) is 3.83. The molecule has 0 spiro atoms. The van der Waals surface area contributed by atoms with Crippen molar-refractivity contribution in [3.8, 4) is 0 Å². The van der Waals surface area contributed by atoms with E-state index >= 15 is 0 Å². The number of rotatable bonds is 2. The molecule has 0 rings (SSSR count). The average molecular weight is 116 g/mol. The lowest BCUT2D eigenvalue weighted by Crippen LogP contribution is -1.75. The molecule has 0 radical (unpaired) electrons. The smallest absolute Gasteiger partial charge is 0.101 e. The lowest BCUT2D eigenvalue weighted by atomic mass is 10.1. The maximum Gasteiger partial charge on any atom is 0.101 e. The van der Waals surface area contributed by atoms with E-state index in [1.54, 1.807) is 0 Å². The van der Waals surface area contributed by atoms with E-state index in [1.807, 2.05) is 0 Å². The van der Waals surface area contributed by atoms with Gasteiger partial charge < -0.3 is 5.11 Å². The van der Waals surface area contributed by atoms with Gasteiger partial charge >= 0.3 is 0 Å². The van der Waals surface area contributed by atoms with Crippen LogP contribution >= 0.6 is 0 Å². The summed E-state index contributed by atoms with van der Waals surface area (Å²) in [6.07, 6.45) is 3.29. The largest absolute Gasteiger partial charge is 0.396 e. The van der Waals surface area contributed by atoms with Gasteiger partial charge in [0.05, 0.1) is 0 Å². The summed E-state index contributed by atoms with van der Waals surface area (Å²) in [5.41, 5.74) is 0. The molecule has 0 amide bonds. The molecule has 0 aliphatic rings. The van der Waals surface area contributed by atoms with Crippen molar-refractivity contribution < 1.29 is 5.11 Å². The van der Waals surface area contributed by atoms with Gasteiger partial charge in [-0.05, 0) is 6.42 Å². The minimum absolute atomic E-state index is 0.344. The van der Waals surface area contributed by atoms with Crippen molar-refractivity contribution in [2.75, 3.05) is 6.61 Å². The fraction of sp³-hybridized carbons (Fsp3) is 1.00. The van der Waals surface area contributed by atoms with Crippen molar-refractivity contribution in [2.24, 2.45) is 0 Å². The predicted molar refractivity (Wildman–Crippen MR) is 41.0 cm³/mol. The minimum Gasteiger partial charge on any atom is -0.396 e. The monoisotopic (exact) mass is 116 g/mol. The summed E-state index contributed by atoms with van der Waals surface area (Å²) in [6, 6.07) is 0. The van der Waals surface area contributed by atoms with E-state index in [2.05, 4.69) is 21.7 Å². The Morgan fingerprint density at radius 2 is 1.75 bits per heavy atom. The molecule has 8 heavy (non-hydrogen) atoms. The second-order valence-electron chi connectivity index (χ2n) is 1.78. The molecular formula is C6H17BO. The van der Waals surface area contributed by atoms with E-state index in [4.69, 9.17) is 5.11 Å². The van der Waals surface area contributed by atoms with E-state index in [-0.39, 0.29) is 0 Å². The molecule has 2 heteroatoms. The SMILES string of the molecule is BCC.CCCCO. The first-order valence-corrected chi connectivity index (χ1v) is 3.44. The van der Waals surface area contributed by atoms with Gasteiger partial charge in [-0.3, -0.25) is 0 Å². The third-order valence-corrected chi connectivity index (χ3v) is 0.512. The van der Waals surface area contributed by atoms with Crippen molar-refractivity contribution in [2.45, 2.75) is 33.0 Å². The Morgan fingerprint density at radius 3 is 1.75 bits per heavy atom. The van der Waals surface area contributed by atoms with E-state index in [9.17, 15) is 0 Å². The molecule has 0 aromatic heterocycles. The predicted octanol–water partition coefficient (Wildman–Crippen LogP) is 0.837. The van der Waals surface area contributed by atoms with Crippen LogP contribution in [0.1, 0.15) is 26.7 Å². The van der Waals surface area contributed by atoms with Gasteiger partial charge in [-0.15, -0.1) is 0 Å². The van der Waals surface area contributed by atoms with Gasteiger partial charge in [0.2, 0.25) is 0 Å². The fourth-order valence-corrected chi connectivity index (χ4v) is 0.158. The zero-order valence-electron chi connectivity index (χ0n) is 6.28. The van der Waals surface area contributed by atoms with Crippen molar-refractivity contribution in [1.29, 1.82) is 0 Å². The van der Waals surface area contributed by atoms with E-state index < -0.39 is 0 Å². The van der Waals surface area contributed by atoms with Crippen molar-refractivity contribution in [1.82, 2.24) is 0 Å². The Labute approximate surface area is 53.5 Å². The minimum atomic E-state index is 0.344. The third kappa shape index (κ3) is 37.1. The maximum absolute atomic E-state index is 8.07. The molecule has 0 aliphatic heterocycles. The molecule has 0 atom stereocenters. The second kappa shape index (κ2) is 15.7. The number of aliphatic hydroxyl groups is 1. The highest BCUT2D eigenvalue weighted by Crippen LogP contribution is 1.78. The zero-order valence-corrected chi connectivity index (χ0v) is 6.28. The molecule has 50 valence electrons. The third-order valence-electron chi connectivity index (χ3n) is 0.512. The standard InChI is InChI=1S/C4H10O.C2H7B/c1-2-3-4-5;1-2-3/h5H,2-4H2,1H3;2-3H2,1H3. The molecule has 0 saturated heterocycles. The summed E-state index contributed by atoms with van der Waals surface area (Å²) in [5, 5.41) is 8.07. The Bertz CT molecular complexity index is 22.5. The summed E-state index contributed by atoms with van der Waals surface area (Å²) < 4.78 is 0. The van der Waals surface area contributed by atoms with Crippen LogP contribution in [-0.2, 0) is 0 Å². The Kier molecular flexibility index (Phi) is 21.5. The fourth-order valence-electron chi connectivity index (χ4n) is 0.158. The highest BCUT2D eigenvalue weighted by molar-refractivity contribution is 6.08. The molecule has 1 nitrogen and oxygen atoms in total. The summed E-state index contributed by atoms with van der Waals surface area (Å²) >= 11 is 0. The molecule has 0 fully saturated rings. The molecule has 0 unspecified atom stereocenters. The van der Waals surface area contributed by atoms with Crippen LogP contribution < -0.4 is 0 Å². The average Bonchev–Trinajstić information content (AvgIpc) is 1.71. The van der Waals surface area contributed by atoms with Gasteiger partial charge in [-0.25, -0.2) is 0 Å². The van der Waals surface area contributed by atoms with Crippen LogP contribution in [0.3, 0.4) is 0 Å². The van der Waals surface area contributed by atoms with Gasteiger partial charge in [-0.2, -0.15) is 0 Å². The normalized spacial score (nSPS) is 7.38. The van der Waals surface area contributed by atoms with Gasteiger partial charge in [0, 0.05) is 6.61 Å². The molecule has 0 aromatic carbocycles. The highest BCUT2D eigenvalue weighted by atomic mass is 16.2. The number of hydrogen-bond donors (Lipinski definition) is 1. The topological polar surface area (TPSA) is 20.2 Å². The van der Waals surface area contributed by atoms with Gasteiger partial charge in [0.25, 0.3) is 0 Å². The second-order valence-corrected chi connectivity index (χ2v) is 1.78. The Morgan fingerprint density at radius 1 is 1.38 bits per heavy atom. The van der Waals surface area contributed by atoms with Crippen molar-refractivity contribution in [3.63, 3.8) is 0 Å². The first-order valence-electron chi connectivity index (χ1n) is 3.44. The van der Waals surface area contributed by atoms with E-state index in [1.165, 1.54) is 6.32 Å². The number of unbranched alkanes of at least 4 members (excludes halogenated alkanes) is 1. The van der Waals surface area contributed by atoms with Crippen LogP contribution in [0.4, 0.5) is 0 Å². The number of hydrogen-bond acceptors (Lipinski definition) is 1. The highest BCUT2D eigenvalue weighted by Gasteiger charge is 1.69. The molecule has 0 heterocycles. The van der Waals surface area contributed by atoms with Gasteiger partial charge in [0.15, 0.2) is 0 Å². The summed E-state index contributed by atoms with van der Waals surface area (Å²) in [7, 11) is 2.12. The quantitative estimate of drug-likeness (QED) is 0.530. The van der Waals surface area contributed by atoms with Gasteiger partial charge in [-0.1, -0.05) is 26.6 Å². The van der Waals surface area contributed by atoms with Crippen LogP contribution in [0, 0.1) is 0 Å².